The first-order chi connectivity index (χ1) is 13.5. The Morgan fingerprint density at radius 3 is 2.00 bits per heavy atom. The second kappa shape index (κ2) is 8.00. The molecule has 2 aliphatic rings. The summed E-state index contributed by atoms with van der Waals surface area (Å²) in [6.45, 7) is 10.6. The highest BCUT2D eigenvalue weighted by Crippen LogP contribution is 2.65. The maximum Gasteiger partial charge on any atom is 0.0214 e. The molecule has 2 fully saturated rings. The number of rotatable bonds is 8. The lowest BCUT2D eigenvalue weighted by molar-refractivity contribution is 0.121. The predicted octanol–water partition coefficient (Wildman–Crippen LogP) is 5.21. The van der Waals surface area contributed by atoms with E-state index in [0.29, 0.717) is 22.8 Å². The highest BCUT2D eigenvalue weighted by atomic mass is 15.0. The average Bonchev–Trinajstić information content (AvgIpc) is 3.05. The van der Waals surface area contributed by atoms with Crippen molar-refractivity contribution in [2.45, 2.75) is 52.0 Å². The Labute approximate surface area is 171 Å². The lowest BCUT2D eigenvalue weighted by Crippen LogP contribution is -2.46. The van der Waals surface area contributed by atoms with E-state index in [4.69, 9.17) is 0 Å². The molecule has 0 unspecified atom stereocenters. The van der Waals surface area contributed by atoms with Gasteiger partial charge in [-0.2, -0.15) is 0 Å². The molecule has 2 aliphatic carbocycles. The van der Waals surface area contributed by atoms with Crippen molar-refractivity contribution < 1.29 is 0 Å². The summed E-state index contributed by atoms with van der Waals surface area (Å²) in [5, 5.41) is 7.62. The Hall–Kier alpha value is -1.64. The fourth-order valence-electron chi connectivity index (χ4n) is 5.89. The first-order valence-corrected chi connectivity index (χ1v) is 11.1. The molecular formula is C26H36N2. The van der Waals surface area contributed by atoms with Crippen LogP contribution in [0.5, 0.6) is 0 Å². The summed E-state index contributed by atoms with van der Waals surface area (Å²) >= 11 is 0. The molecule has 0 aromatic heterocycles. The third-order valence-corrected chi connectivity index (χ3v) is 8.24. The maximum absolute atomic E-state index is 3.90. The van der Waals surface area contributed by atoms with Crippen molar-refractivity contribution >= 4 is 0 Å². The van der Waals surface area contributed by atoms with Crippen LogP contribution >= 0.6 is 0 Å². The van der Waals surface area contributed by atoms with Crippen LogP contribution in [-0.2, 0) is 0 Å². The molecule has 0 amide bonds. The van der Waals surface area contributed by atoms with Crippen molar-refractivity contribution in [1.82, 2.24) is 10.6 Å². The molecule has 150 valence electrons. The van der Waals surface area contributed by atoms with Gasteiger partial charge in [-0.25, -0.2) is 0 Å². The van der Waals surface area contributed by atoms with Crippen molar-refractivity contribution in [2.24, 2.45) is 16.7 Å². The highest BCUT2D eigenvalue weighted by molar-refractivity contribution is 5.32. The number of benzene rings is 2. The Bertz CT molecular complexity index is 715. The molecule has 0 aliphatic heterocycles. The molecule has 2 saturated carbocycles. The molecule has 0 radical (unpaired) electrons. The van der Waals surface area contributed by atoms with Gasteiger partial charge in [-0.15, -0.1) is 0 Å². The summed E-state index contributed by atoms with van der Waals surface area (Å²) in [7, 11) is 0. The van der Waals surface area contributed by atoms with Gasteiger partial charge in [0, 0.05) is 31.6 Å². The fraction of sp³-hybridized carbons (Fsp3) is 0.538. The molecule has 0 saturated heterocycles. The van der Waals surface area contributed by atoms with Crippen LogP contribution in [0.4, 0.5) is 0 Å². The van der Waals surface area contributed by atoms with Crippen LogP contribution in [0.15, 0.2) is 60.7 Å². The van der Waals surface area contributed by atoms with Crippen LogP contribution in [0.2, 0.25) is 0 Å². The summed E-state index contributed by atoms with van der Waals surface area (Å²) in [4.78, 5) is 0. The molecule has 2 aromatic carbocycles. The molecule has 2 nitrogen and oxygen atoms in total. The molecule has 2 heteroatoms. The van der Waals surface area contributed by atoms with Gasteiger partial charge in [0.15, 0.2) is 0 Å². The highest BCUT2D eigenvalue weighted by Gasteiger charge is 2.60. The fourth-order valence-corrected chi connectivity index (χ4v) is 5.89. The van der Waals surface area contributed by atoms with E-state index in [-0.39, 0.29) is 0 Å². The minimum Gasteiger partial charge on any atom is -0.315 e. The van der Waals surface area contributed by atoms with Crippen LogP contribution in [0.3, 0.4) is 0 Å². The van der Waals surface area contributed by atoms with E-state index < -0.39 is 0 Å². The van der Waals surface area contributed by atoms with E-state index in [0.717, 1.165) is 25.6 Å². The zero-order chi connectivity index (χ0) is 19.6. The van der Waals surface area contributed by atoms with Gasteiger partial charge in [0.1, 0.15) is 0 Å². The van der Waals surface area contributed by atoms with Gasteiger partial charge < -0.3 is 10.6 Å². The standard InChI is InChI=1S/C26H36N2/c1-25(2)22-14-15-26(25,3)24(18-22)28-17-16-27-19-23(20-10-6-4-7-11-20)21-12-8-5-9-13-21/h4-13,22-24,27-28H,14-19H2,1-3H3/t22-,24-,26+/m0/s1. The number of fused-ring (bicyclic) bond motifs is 2. The number of nitrogens with one attached hydrogen (secondary N) is 2. The zero-order valence-electron chi connectivity index (χ0n) is 17.7. The van der Waals surface area contributed by atoms with Gasteiger partial charge >= 0.3 is 0 Å². The quantitative estimate of drug-likeness (QED) is 0.618. The molecule has 3 atom stereocenters. The Morgan fingerprint density at radius 1 is 0.893 bits per heavy atom. The summed E-state index contributed by atoms with van der Waals surface area (Å²) in [6.07, 6.45) is 4.18. The van der Waals surface area contributed by atoms with E-state index >= 15 is 0 Å². The molecular weight excluding hydrogens is 340 g/mol. The Kier molecular flexibility index (Phi) is 5.62. The summed E-state index contributed by atoms with van der Waals surface area (Å²) in [6, 6.07) is 22.4. The van der Waals surface area contributed by atoms with Gasteiger partial charge in [0.25, 0.3) is 0 Å². The second-order valence-corrected chi connectivity index (χ2v) is 9.70. The first-order valence-electron chi connectivity index (χ1n) is 11.1. The third-order valence-electron chi connectivity index (χ3n) is 8.24. The van der Waals surface area contributed by atoms with Crippen molar-refractivity contribution in [3.8, 4) is 0 Å². The van der Waals surface area contributed by atoms with Gasteiger partial charge in [0.2, 0.25) is 0 Å². The number of hydrogen-bond donors (Lipinski definition) is 2. The SMILES string of the molecule is CC1(C)[C@H]2CC[C@]1(C)[C@@H](NCCNCC(c1ccccc1)c1ccccc1)C2. The van der Waals surface area contributed by atoms with Crippen LogP contribution in [0.25, 0.3) is 0 Å². The van der Waals surface area contributed by atoms with Gasteiger partial charge in [-0.3, -0.25) is 0 Å². The first kappa shape index (κ1) is 19.7. The van der Waals surface area contributed by atoms with Gasteiger partial charge in [-0.05, 0) is 47.1 Å². The molecule has 2 N–H and O–H groups in total. The van der Waals surface area contributed by atoms with E-state index in [9.17, 15) is 0 Å². The Morgan fingerprint density at radius 2 is 1.50 bits per heavy atom. The van der Waals surface area contributed by atoms with Crippen molar-refractivity contribution in [2.75, 3.05) is 19.6 Å². The monoisotopic (exact) mass is 376 g/mol. The molecule has 2 aromatic rings. The predicted molar refractivity (Wildman–Crippen MR) is 119 cm³/mol. The zero-order valence-corrected chi connectivity index (χ0v) is 17.7. The lowest BCUT2D eigenvalue weighted by Gasteiger charge is -2.39. The third kappa shape index (κ3) is 3.53. The van der Waals surface area contributed by atoms with E-state index in [1.54, 1.807) is 0 Å². The Balaban J connectivity index is 1.30. The summed E-state index contributed by atoms with van der Waals surface area (Å²) in [5.41, 5.74) is 3.73. The maximum atomic E-state index is 3.90. The molecule has 0 spiro atoms. The van der Waals surface area contributed by atoms with Crippen molar-refractivity contribution in [3.05, 3.63) is 71.8 Å². The van der Waals surface area contributed by atoms with Gasteiger partial charge in [-0.1, -0.05) is 81.4 Å². The van der Waals surface area contributed by atoms with E-state index in [1.165, 1.54) is 30.4 Å². The molecule has 28 heavy (non-hydrogen) atoms. The van der Waals surface area contributed by atoms with Crippen molar-refractivity contribution in [3.63, 3.8) is 0 Å². The molecule has 0 heterocycles. The van der Waals surface area contributed by atoms with Crippen LogP contribution in [0.1, 0.15) is 57.1 Å². The largest absolute Gasteiger partial charge is 0.315 e. The average molecular weight is 377 g/mol. The smallest absolute Gasteiger partial charge is 0.0214 e. The summed E-state index contributed by atoms with van der Waals surface area (Å²) < 4.78 is 0. The minimum absolute atomic E-state index is 0.404. The minimum atomic E-state index is 0.404. The van der Waals surface area contributed by atoms with Crippen molar-refractivity contribution in [1.29, 1.82) is 0 Å². The summed E-state index contributed by atoms with van der Waals surface area (Å²) in [5.74, 6) is 1.31. The second-order valence-electron chi connectivity index (χ2n) is 9.70. The van der Waals surface area contributed by atoms with Crippen LogP contribution in [-0.4, -0.2) is 25.7 Å². The number of hydrogen-bond acceptors (Lipinski definition) is 2. The van der Waals surface area contributed by atoms with Gasteiger partial charge in [0.05, 0.1) is 0 Å². The van der Waals surface area contributed by atoms with E-state index in [1.807, 2.05) is 0 Å². The van der Waals surface area contributed by atoms with Crippen LogP contribution < -0.4 is 10.6 Å². The van der Waals surface area contributed by atoms with E-state index in [2.05, 4.69) is 92.1 Å². The molecule has 4 rings (SSSR count). The van der Waals surface area contributed by atoms with Crippen LogP contribution in [0, 0.1) is 16.7 Å². The lowest BCUT2D eigenvalue weighted by atomic mass is 9.69. The molecule has 2 bridgehead atoms. The topological polar surface area (TPSA) is 24.1 Å². The normalized spacial score (nSPS) is 28.1.